The maximum absolute atomic E-state index is 12.5. The summed E-state index contributed by atoms with van der Waals surface area (Å²) in [5.74, 6) is 0.502. The second kappa shape index (κ2) is 6.12. The molecule has 2 heterocycles. The first-order valence-corrected chi connectivity index (χ1v) is 8.88. The van der Waals surface area contributed by atoms with Crippen LogP contribution in [0.2, 0.25) is 0 Å². The van der Waals surface area contributed by atoms with E-state index in [9.17, 15) is 8.42 Å². The molecule has 0 atom stereocenters. The molecule has 0 aliphatic carbocycles. The van der Waals surface area contributed by atoms with Crippen LogP contribution in [0.1, 0.15) is 22.6 Å². The van der Waals surface area contributed by atoms with E-state index in [0.29, 0.717) is 12.2 Å². The minimum absolute atomic E-state index is 0.0516. The van der Waals surface area contributed by atoms with Gasteiger partial charge in [0, 0.05) is 12.3 Å². The molecule has 0 amide bonds. The van der Waals surface area contributed by atoms with E-state index in [0.717, 1.165) is 5.56 Å². The van der Waals surface area contributed by atoms with Gasteiger partial charge in [-0.3, -0.25) is 9.40 Å². The molecule has 0 saturated carbocycles. The number of nitrogens with zero attached hydrogens (tertiary/aromatic N) is 3. The first-order valence-electron chi connectivity index (χ1n) is 7.40. The van der Waals surface area contributed by atoms with Crippen LogP contribution in [0.5, 0.6) is 0 Å². The number of benzene rings is 1. The van der Waals surface area contributed by atoms with Gasteiger partial charge in [-0.25, -0.2) is 8.42 Å². The van der Waals surface area contributed by atoms with Crippen molar-refractivity contribution in [2.45, 2.75) is 32.2 Å². The Morgan fingerprint density at radius 2 is 2.00 bits per heavy atom. The predicted octanol–water partition coefficient (Wildman–Crippen LogP) is 2.65. The Balaban J connectivity index is 1.79. The molecular formula is C16H18N4O3S. The third-order valence-electron chi connectivity index (χ3n) is 3.54. The van der Waals surface area contributed by atoms with Gasteiger partial charge in [0.25, 0.3) is 10.0 Å². The fourth-order valence-corrected chi connectivity index (χ4v) is 3.88. The summed E-state index contributed by atoms with van der Waals surface area (Å²) >= 11 is 0. The average molecular weight is 346 g/mol. The molecule has 24 heavy (non-hydrogen) atoms. The van der Waals surface area contributed by atoms with Gasteiger partial charge < -0.3 is 4.52 Å². The molecular weight excluding hydrogens is 328 g/mol. The number of sulfonamides is 1. The first-order chi connectivity index (χ1) is 11.3. The second-order valence-electron chi connectivity index (χ2n) is 5.65. The number of aryl methyl sites for hydroxylation is 3. The fraction of sp³-hybridized carbons (Fsp3) is 0.250. The molecule has 0 fully saturated rings. The molecule has 0 aliphatic heterocycles. The highest BCUT2D eigenvalue weighted by Crippen LogP contribution is 2.21. The van der Waals surface area contributed by atoms with Gasteiger partial charge in [0.15, 0.2) is 16.5 Å². The van der Waals surface area contributed by atoms with Crippen LogP contribution in [0, 0.1) is 20.8 Å². The molecule has 0 radical (unpaired) electrons. The summed E-state index contributed by atoms with van der Waals surface area (Å²) in [5.41, 5.74) is 2.58. The van der Waals surface area contributed by atoms with Crippen molar-refractivity contribution in [1.82, 2.24) is 14.9 Å². The van der Waals surface area contributed by atoms with E-state index < -0.39 is 10.0 Å². The summed E-state index contributed by atoms with van der Waals surface area (Å²) in [5, 5.41) is 7.94. The number of aromatic nitrogens is 3. The molecule has 0 spiro atoms. The van der Waals surface area contributed by atoms with Gasteiger partial charge >= 0.3 is 0 Å². The van der Waals surface area contributed by atoms with E-state index in [1.54, 1.807) is 30.8 Å². The third kappa shape index (κ3) is 3.33. The summed E-state index contributed by atoms with van der Waals surface area (Å²) in [6, 6.07) is 9.69. The van der Waals surface area contributed by atoms with Gasteiger partial charge in [-0.2, -0.15) is 5.10 Å². The summed E-state index contributed by atoms with van der Waals surface area (Å²) < 4.78 is 34.0. The van der Waals surface area contributed by atoms with Crippen molar-refractivity contribution in [1.29, 1.82) is 0 Å². The molecule has 0 unspecified atom stereocenters. The van der Waals surface area contributed by atoms with Gasteiger partial charge in [0.1, 0.15) is 5.69 Å². The zero-order valence-corrected chi connectivity index (χ0v) is 14.5. The normalized spacial score (nSPS) is 11.6. The lowest BCUT2D eigenvalue weighted by atomic mass is 10.1. The summed E-state index contributed by atoms with van der Waals surface area (Å²) in [6.07, 6.45) is 1.73. The predicted molar refractivity (Wildman–Crippen MR) is 89.3 cm³/mol. The van der Waals surface area contributed by atoms with Crippen LogP contribution in [-0.2, 0) is 16.6 Å². The molecule has 2 aromatic heterocycles. The molecule has 3 aromatic rings. The number of hydrogen-bond donors (Lipinski definition) is 1. The zero-order valence-electron chi connectivity index (χ0n) is 13.6. The number of nitrogens with one attached hydrogen (secondary N) is 1. The van der Waals surface area contributed by atoms with E-state index >= 15 is 0 Å². The van der Waals surface area contributed by atoms with Crippen molar-refractivity contribution >= 4 is 15.8 Å². The van der Waals surface area contributed by atoms with Gasteiger partial charge in [0.2, 0.25) is 0 Å². The lowest BCUT2D eigenvalue weighted by Crippen LogP contribution is -2.15. The highest BCUT2D eigenvalue weighted by Gasteiger charge is 2.24. The molecule has 0 saturated heterocycles. The SMILES string of the molecule is Cc1cccc(Cn2ccc(NS(=O)(=O)c3c(C)noc3C)n2)c1. The molecule has 0 aliphatic rings. The van der Waals surface area contributed by atoms with Crippen LogP contribution < -0.4 is 4.72 Å². The molecule has 7 nitrogen and oxygen atoms in total. The summed E-state index contributed by atoms with van der Waals surface area (Å²) in [7, 11) is -3.78. The topological polar surface area (TPSA) is 90.0 Å². The number of anilines is 1. The molecule has 1 aromatic carbocycles. The Morgan fingerprint density at radius 1 is 1.21 bits per heavy atom. The maximum atomic E-state index is 12.5. The largest absolute Gasteiger partial charge is 0.360 e. The minimum atomic E-state index is -3.78. The van der Waals surface area contributed by atoms with Gasteiger partial charge in [-0.15, -0.1) is 0 Å². The van der Waals surface area contributed by atoms with Crippen molar-refractivity contribution in [3.05, 3.63) is 59.1 Å². The van der Waals surface area contributed by atoms with Gasteiger partial charge in [-0.05, 0) is 26.3 Å². The van der Waals surface area contributed by atoms with Gasteiger partial charge in [-0.1, -0.05) is 35.0 Å². The monoisotopic (exact) mass is 346 g/mol. The van der Waals surface area contributed by atoms with Crippen molar-refractivity contribution in [2.24, 2.45) is 0 Å². The smallest absolute Gasteiger partial charge is 0.268 e. The molecule has 0 bridgehead atoms. The van der Waals surface area contributed by atoms with Crippen molar-refractivity contribution < 1.29 is 12.9 Å². The lowest BCUT2D eigenvalue weighted by molar-refractivity contribution is 0.390. The first kappa shape index (κ1) is 16.3. The third-order valence-corrected chi connectivity index (χ3v) is 5.14. The van der Waals surface area contributed by atoms with Crippen molar-refractivity contribution in [3.8, 4) is 0 Å². The molecule has 1 N–H and O–H groups in total. The van der Waals surface area contributed by atoms with Crippen molar-refractivity contribution in [2.75, 3.05) is 4.72 Å². The Morgan fingerprint density at radius 3 is 2.67 bits per heavy atom. The summed E-state index contributed by atoms with van der Waals surface area (Å²) in [4.78, 5) is 0.0516. The van der Waals surface area contributed by atoms with Crippen molar-refractivity contribution in [3.63, 3.8) is 0 Å². The Hall–Kier alpha value is -2.61. The van der Waals surface area contributed by atoms with E-state index in [-0.39, 0.29) is 16.5 Å². The standard InChI is InChI=1S/C16H18N4O3S/c1-11-5-4-6-14(9-11)10-20-8-7-15(17-20)19-24(21,22)16-12(2)18-23-13(16)3/h4-9H,10H2,1-3H3,(H,17,19). The Kier molecular flexibility index (Phi) is 4.15. The quantitative estimate of drug-likeness (QED) is 0.767. The van der Waals surface area contributed by atoms with Crippen LogP contribution in [-0.4, -0.2) is 23.4 Å². The lowest BCUT2D eigenvalue weighted by Gasteiger charge is -2.05. The number of hydrogen-bond acceptors (Lipinski definition) is 5. The van der Waals surface area contributed by atoms with Crippen LogP contribution in [0.4, 0.5) is 5.82 Å². The minimum Gasteiger partial charge on any atom is -0.360 e. The number of rotatable bonds is 5. The highest BCUT2D eigenvalue weighted by molar-refractivity contribution is 7.92. The molecule has 8 heteroatoms. The molecule has 126 valence electrons. The fourth-order valence-electron chi connectivity index (χ4n) is 2.55. The van der Waals surface area contributed by atoms with Crippen LogP contribution >= 0.6 is 0 Å². The molecule has 3 rings (SSSR count). The maximum Gasteiger partial charge on any atom is 0.268 e. The Bertz CT molecular complexity index is 953. The van der Waals surface area contributed by atoms with E-state index in [4.69, 9.17) is 4.52 Å². The zero-order chi connectivity index (χ0) is 17.3. The van der Waals surface area contributed by atoms with E-state index in [1.165, 1.54) is 5.56 Å². The van der Waals surface area contributed by atoms with Crippen LogP contribution in [0.3, 0.4) is 0 Å². The van der Waals surface area contributed by atoms with Crippen LogP contribution in [0.15, 0.2) is 45.9 Å². The second-order valence-corrected chi connectivity index (χ2v) is 7.27. The van der Waals surface area contributed by atoms with Crippen LogP contribution in [0.25, 0.3) is 0 Å². The van der Waals surface area contributed by atoms with Gasteiger partial charge in [0.05, 0.1) is 6.54 Å². The average Bonchev–Trinajstić information content (AvgIpc) is 3.05. The highest BCUT2D eigenvalue weighted by atomic mass is 32.2. The van der Waals surface area contributed by atoms with E-state index in [1.807, 2.05) is 25.1 Å². The summed E-state index contributed by atoms with van der Waals surface area (Å²) in [6.45, 7) is 5.73. The Labute approximate surface area is 140 Å². The van der Waals surface area contributed by atoms with E-state index in [2.05, 4.69) is 21.0 Å².